The minimum Gasteiger partial charge on any atom is -0.365 e. The number of amides is 1. The Hall–Kier alpha value is -2.47. The molecular formula is C21H23FN4O. The van der Waals surface area contributed by atoms with Gasteiger partial charge in [-0.2, -0.15) is 0 Å². The molecule has 1 amide bonds. The molecule has 6 heteroatoms. The highest BCUT2D eigenvalue weighted by Gasteiger charge is 2.54. The van der Waals surface area contributed by atoms with Crippen LogP contribution in [-0.2, 0) is 0 Å². The Labute approximate surface area is 158 Å². The number of pyridine rings is 1. The third-order valence-electron chi connectivity index (χ3n) is 6.62. The Morgan fingerprint density at radius 3 is 2.56 bits per heavy atom. The van der Waals surface area contributed by atoms with Crippen LogP contribution in [0.4, 0.5) is 10.2 Å². The van der Waals surface area contributed by atoms with Gasteiger partial charge in [-0.1, -0.05) is 12.1 Å². The first-order chi connectivity index (χ1) is 13.1. The van der Waals surface area contributed by atoms with Crippen molar-refractivity contribution < 1.29 is 9.18 Å². The molecule has 3 atom stereocenters. The maximum absolute atomic E-state index is 13.5. The molecule has 0 radical (unpaired) electrons. The second kappa shape index (κ2) is 6.30. The van der Waals surface area contributed by atoms with Gasteiger partial charge in [-0.3, -0.25) is 9.69 Å². The van der Waals surface area contributed by atoms with Gasteiger partial charge < -0.3 is 10.6 Å². The summed E-state index contributed by atoms with van der Waals surface area (Å²) >= 11 is 0. The zero-order valence-electron chi connectivity index (χ0n) is 15.1. The number of rotatable bonds is 3. The first-order valence-electron chi connectivity index (χ1n) is 9.64. The molecule has 2 aromatic rings. The summed E-state index contributed by atoms with van der Waals surface area (Å²) in [6.07, 6.45) is 4.07. The highest BCUT2D eigenvalue weighted by molar-refractivity contribution is 5.97. The highest BCUT2D eigenvalue weighted by atomic mass is 19.1. The van der Waals surface area contributed by atoms with Crippen LogP contribution in [0.1, 0.15) is 34.7 Å². The Balaban J connectivity index is 1.59. The number of benzene rings is 1. The maximum Gasteiger partial charge on any atom is 0.252 e. The lowest BCUT2D eigenvalue weighted by molar-refractivity contribution is 0.0354. The number of hydrogen-bond donors (Lipinski definition) is 1. The van der Waals surface area contributed by atoms with Crippen molar-refractivity contribution in [3.8, 4) is 0 Å². The van der Waals surface area contributed by atoms with Crippen LogP contribution < -0.4 is 10.6 Å². The summed E-state index contributed by atoms with van der Waals surface area (Å²) in [6, 6.07) is 11.1. The smallest absolute Gasteiger partial charge is 0.252 e. The number of hydrogen-bond acceptors (Lipinski definition) is 4. The monoisotopic (exact) mass is 366 g/mol. The minimum atomic E-state index is -0.443. The fourth-order valence-electron chi connectivity index (χ4n) is 5.49. The van der Waals surface area contributed by atoms with Crippen LogP contribution in [0.5, 0.6) is 0 Å². The van der Waals surface area contributed by atoms with Crippen LogP contribution in [-0.4, -0.2) is 47.5 Å². The van der Waals surface area contributed by atoms with Gasteiger partial charge in [-0.25, -0.2) is 9.37 Å². The number of aromatic nitrogens is 1. The van der Waals surface area contributed by atoms with Crippen molar-refractivity contribution >= 4 is 11.7 Å². The van der Waals surface area contributed by atoms with Gasteiger partial charge in [0, 0.05) is 30.7 Å². The van der Waals surface area contributed by atoms with Crippen LogP contribution in [0.25, 0.3) is 0 Å². The van der Waals surface area contributed by atoms with Crippen molar-refractivity contribution in [1.82, 2.24) is 9.88 Å². The van der Waals surface area contributed by atoms with Crippen LogP contribution in [0.3, 0.4) is 0 Å². The van der Waals surface area contributed by atoms with Gasteiger partial charge in [0.1, 0.15) is 11.6 Å². The molecule has 1 aromatic carbocycles. The van der Waals surface area contributed by atoms with Crippen molar-refractivity contribution in [2.45, 2.75) is 30.8 Å². The molecule has 4 aliphatic rings. The van der Waals surface area contributed by atoms with Gasteiger partial charge in [0.15, 0.2) is 0 Å². The molecule has 5 nitrogen and oxygen atoms in total. The largest absolute Gasteiger partial charge is 0.365 e. The average molecular weight is 366 g/mol. The van der Waals surface area contributed by atoms with Crippen LogP contribution in [0.15, 0.2) is 42.6 Å². The zero-order valence-corrected chi connectivity index (χ0v) is 15.1. The van der Waals surface area contributed by atoms with Crippen molar-refractivity contribution in [2.24, 2.45) is 11.7 Å². The van der Waals surface area contributed by atoms with Crippen molar-refractivity contribution in [1.29, 1.82) is 0 Å². The zero-order chi connectivity index (χ0) is 18.5. The summed E-state index contributed by atoms with van der Waals surface area (Å²) in [6.45, 7) is 3.00. The first kappa shape index (κ1) is 16.7. The Kier molecular flexibility index (Phi) is 3.90. The molecule has 0 unspecified atom stereocenters. The molecule has 0 spiro atoms. The van der Waals surface area contributed by atoms with Crippen molar-refractivity contribution in [3.05, 3.63) is 59.5 Å². The van der Waals surface area contributed by atoms with Crippen LogP contribution >= 0.6 is 0 Å². The topological polar surface area (TPSA) is 62.5 Å². The molecule has 5 heterocycles. The number of carbonyl (C=O) groups is 1. The van der Waals surface area contributed by atoms with Crippen LogP contribution in [0, 0.1) is 11.7 Å². The molecule has 0 saturated carbocycles. The summed E-state index contributed by atoms with van der Waals surface area (Å²) in [5, 5.41) is 0. The number of piperidine rings is 3. The van der Waals surface area contributed by atoms with Gasteiger partial charge >= 0.3 is 0 Å². The number of nitrogens with zero attached hydrogens (tertiary/aromatic N) is 3. The van der Waals surface area contributed by atoms with Crippen molar-refractivity contribution in [2.75, 3.05) is 24.5 Å². The van der Waals surface area contributed by atoms with E-state index in [-0.39, 0.29) is 11.7 Å². The number of primary amides is 1. The summed E-state index contributed by atoms with van der Waals surface area (Å²) < 4.78 is 13.5. The van der Waals surface area contributed by atoms with E-state index in [1.165, 1.54) is 12.8 Å². The molecule has 1 aromatic heterocycles. The molecule has 4 aliphatic heterocycles. The third-order valence-corrected chi connectivity index (χ3v) is 6.62. The molecule has 4 saturated heterocycles. The lowest BCUT2D eigenvalue weighted by atomic mass is 9.75. The Bertz CT molecular complexity index is 863. The molecule has 27 heavy (non-hydrogen) atoms. The summed E-state index contributed by atoms with van der Waals surface area (Å²) in [5.74, 6) is 0.894. The lowest BCUT2D eigenvalue weighted by Gasteiger charge is -2.51. The van der Waals surface area contributed by atoms with Crippen molar-refractivity contribution in [3.63, 3.8) is 0 Å². The molecule has 4 fully saturated rings. The predicted molar refractivity (Wildman–Crippen MR) is 101 cm³/mol. The van der Waals surface area contributed by atoms with E-state index in [1.807, 2.05) is 12.1 Å². The van der Waals surface area contributed by atoms with E-state index < -0.39 is 5.91 Å². The minimum absolute atomic E-state index is 0.212. The number of halogens is 1. The van der Waals surface area contributed by atoms with Gasteiger partial charge in [-0.05, 0) is 61.7 Å². The fourth-order valence-corrected chi connectivity index (χ4v) is 5.49. The first-order valence-corrected chi connectivity index (χ1v) is 9.64. The summed E-state index contributed by atoms with van der Waals surface area (Å²) in [4.78, 5) is 21.4. The van der Waals surface area contributed by atoms with Gasteiger partial charge in [0.2, 0.25) is 0 Å². The lowest BCUT2D eigenvalue weighted by Crippen LogP contribution is -2.60. The number of carbonyl (C=O) groups excluding carboxylic acids is 1. The number of nitrogens with two attached hydrogens (primary N) is 1. The molecule has 140 valence electrons. The van der Waals surface area contributed by atoms with Gasteiger partial charge in [-0.15, -0.1) is 0 Å². The van der Waals surface area contributed by atoms with E-state index in [0.717, 1.165) is 25.2 Å². The van der Waals surface area contributed by atoms with Crippen LogP contribution in [0.2, 0.25) is 0 Å². The number of anilines is 1. The fraction of sp³-hybridized carbons (Fsp3) is 0.429. The standard InChI is InChI=1S/C21H23FN4O/c22-15-5-3-13(4-6-15)17-12-26(21-16(20(23)27)2-1-9-24-21)18-14-7-10-25(11-8-14)19(17)18/h1-6,9,14,17-19H,7-8,10-12H2,(H2,23,27)/t17-,18+,19+/m0/s1. The van der Waals surface area contributed by atoms with E-state index in [2.05, 4.69) is 14.8 Å². The predicted octanol–water partition coefficient (Wildman–Crippen LogP) is 2.39. The Morgan fingerprint density at radius 2 is 1.85 bits per heavy atom. The molecule has 2 bridgehead atoms. The molecular weight excluding hydrogens is 343 g/mol. The Morgan fingerprint density at radius 1 is 1.11 bits per heavy atom. The van der Waals surface area contributed by atoms with E-state index in [9.17, 15) is 9.18 Å². The second-order valence-electron chi connectivity index (χ2n) is 7.90. The molecule has 6 rings (SSSR count). The average Bonchev–Trinajstić information content (AvgIpc) is 3.12. The molecule has 2 N–H and O–H groups in total. The SMILES string of the molecule is NC(=O)c1cccnc1N1C[C@@H](c2ccc(F)cc2)[C@@H]2[C@H]1C1CCN2CC1. The summed E-state index contributed by atoms with van der Waals surface area (Å²) in [7, 11) is 0. The second-order valence-corrected chi connectivity index (χ2v) is 7.90. The quantitative estimate of drug-likeness (QED) is 0.906. The molecule has 0 aliphatic carbocycles. The van der Waals surface area contributed by atoms with Gasteiger partial charge in [0.05, 0.1) is 5.56 Å². The highest BCUT2D eigenvalue weighted by Crippen LogP contribution is 2.48. The van der Waals surface area contributed by atoms with Gasteiger partial charge in [0.25, 0.3) is 5.91 Å². The third kappa shape index (κ3) is 2.62. The summed E-state index contributed by atoms with van der Waals surface area (Å²) in [5.41, 5.74) is 7.26. The normalized spacial score (nSPS) is 31.7. The van der Waals surface area contributed by atoms with E-state index in [1.54, 1.807) is 30.5 Å². The van der Waals surface area contributed by atoms with E-state index in [4.69, 9.17) is 5.73 Å². The maximum atomic E-state index is 13.5. The van der Waals surface area contributed by atoms with E-state index >= 15 is 0 Å². The van der Waals surface area contributed by atoms with E-state index in [0.29, 0.717) is 29.4 Å². The number of fused-ring (bicyclic) bond motifs is 2.